The second kappa shape index (κ2) is 3.70. The summed E-state index contributed by atoms with van der Waals surface area (Å²) in [6.45, 7) is 2.69. The summed E-state index contributed by atoms with van der Waals surface area (Å²) in [6, 6.07) is 0. The summed E-state index contributed by atoms with van der Waals surface area (Å²) >= 11 is 0. The third-order valence-electron chi connectivity index (χ3n) is 0.884. The lowest BCUT2D eigenvalue weighted by Gasteiger charge is -1.95. The molecule has 7 heavy (non-hydrogen) atoms. The molecule has 0 spiro atoms. The summed E-state index contributed by atoms with van der Waals surface area (Å²) < 4.78 is 0. The Morgan fingerprint density at radius 3 is 2.57 bits per heavy atom. The van der Waals surface area contributed by atoms with Gasteiger partial charge in [-0.05, 0) is 13.0 Å². The van der Waals surface area contributed by atoms with Crippen LogP contribution in [0.2, 0.25) is 0 Å². The van der Waals surface area contributed by atoms with Gasteiger partial charge in [0.15, 0.2) is 0 Å². The molecule has 1 atom stereocenters. The van der Waals surface area contributed by atoms with Crippen LogP contribution >= 0.6 is 0 Å². The van der Waals surface area contributed by atoms with Gasteiger partial charge in [0.2, 0.25) is 0 Å². The molecule has 1 unspecified atom stereocenters. The number of nitrogens with two attached hydrogens (primary N) is 1. The monoisotopic (exact) mass is 97.1 g/mol. The highest BCUT2D eigenvalue weighted by Crippen LogP contribution is 1.94. The van der Waals surface area contributed by atoms with E-state index < -0.39 is 0 Å². The fourth-order valence-corrected chi connectivity index (χ4v) is 0.333. The van der Waals surface area contributed by atoms with Crippen molar-refractivity contribution >= 4 is 0 Å². The largest absolute Gasteiger partial charge is 0.330 e. The minimum atomic E-state index is 0.352. The first-order valence-electron chi connectivity index (χ1n) is 2.47. The Hall–Kier alpha value is -0.480. The Balaban J connectivity index is 3.04. The summed E-state index contributed by atoms with van der Waals surface area (Å²) in [5.74, 6) is 2.94. The van der Waals surface area contributed by atoms with Crippen molar-refractivity contribution < 1.29 is 0 Å². The van der Waals surface area contributed by atoms with Crippen LogP contribution < -0.4 is 5.73 Å². The van der Waals surface area contributed by atoms with Crippen LogP contribution in [0.1, 0.15) is 13.3 Å². The number of hydrogen-bond donors (Lipinski definition) is 1. The fourth-order valence-electron chi connectivity index (χ4n) is 0.333. The number of hydrogen-bond acceptors (Lipinski definition) is 1. The summed E-state index contributed by atoms with van der Waals surface area (Å²) in [7, 11) is 0. The van der Waals surface area contributed by atoms with E-state index in [9.17, 15) is 0 Å². The van der Waals surface area contributed by atoms with Gasteiger partial charge >= 0.3 is 0 Å². The zero-order chi connectivity index (χ0) is 5.70. The zero-order valence-corrected chi connectivity index (χ0v) is 4.65. The van der Waals surface area contributed by atoms with Crippen LogP contribution in [0.3, 0.4) is 0 Å². The van der Waals surface area contributed by atoms with Gasteiger partial charge in [0.05, 0.1) is 0 Å². The van der Waals surface area contributed by atoms with Crippen molar-refractivity contribution in [2.24, 2.45) is 11.7 Å². The molecule has 0 saturated carbocycles. The molecule has 0 bridgehead atoms. The van der Waals surface area contributed by atoms with Crippen LogP contribution in [-0.2, 0) is 0 Å². The van der Waals surface area contributed by atoms with Crippen molar-refractivity contribution in [3.63, 3.8) is 0 Å². The average molecular weight is 97.2 g/mol. The lowest BCUT2D eigenvalue weighted by molar-refractivity contribution is 0.680. The van der Waals surface area contributed by atoms with Crippen molar-refractivity contribution in [1.82, 2.24) is 0 Å². The Bertz CT molecular complexity index is 70.7. The minimum absolute atomic E-state index is 0.352. The maximum absolute atomic E-state index is 5.21. The Labute approximate surface area is 44.9 Å². The quantitative estimate of drug-likeness (QED) is 0.502. The summed E-state index contributed by atoms with van der Waals surface area (Å²) in [5, 5.41) is 0. The highest BCUT2D eigenvalue weighted by Gasteiger charge is 1.90. The third kappa shape index (κ3) is 3.35. The Kier molecular flexibility index (Phi) is 3.45. The lowest BCUT2D eigenvalue weighted by atomic mass is 10.1. The van der Waals surface area contributed by atoms with Gasteiger partial charge in [-0.15, -0.1) is 12.3 Å². The van der Waals surface area contributed by atoms with Gasteiger partial charge in [-0.2, -0.15) is 0 Å². The molecule has 0 saturated heterocycles. The average Bonchev–Trinajstić information content (AvgIpc) is 1.68. The van der Waals surface area contributed by atoms with Gasteiger partial charge in [-0.3, -0.25) is 0 Å². The van der Waals surface area contributed by atoms with Crippen LogP contribution in [-0.4, -0.2) is 6.54 Å². The van der Waals surface area contributed by atoms with Gasteiger partial charge < -0.3 is 5.73 Å². The van der Waals surface area contributed by atoms with Crippen molar-refractivity contribution in [2.45, 2.75) is 13.3 Å². The first kappa shape index (κ1) is 6.52. The molecule has 40 valence electrons. The van der Waals surface area contributed by atoms with Gasteiger partial charge in [-0.25, -0.2) is 0 Å². The van der Waals surface area contributed by atoms with E-state index in [2.05, 4.69) is 5.92 Å². The minimum Gasteiger partial charge on any atom is -0.330 e. The predicted molar refractivity (Wildman–Crippen MR) is 31.7 cm³/mol. The smallest absolute Gasteiger partial charge is 0.0183 e. The molecule has 1 heteroatoms. The van der Waals surface area contributed by atoms with Crippen molar-refractivity contribution in [3.05, 3.63) is 0 Å². The van der Waals surface area contributed by atoms with E-state index in [1.165, 1.54) is 0 Å². The molecule has 1 nitrogen and oxygen atoms in total. The molecule has 0 aliphatic carbocycles. The molecule has 0 aromatic heterocycles. The second-order valence-corrected chi connectivity index (χ2v) is 1.65. The van der Waals surface area contributed by atoms with Gasteiger partial charge in [-0.1, -0.05) is 6.92 Å². The van der Waals surface area contributed by atoms with Crippen molar-refractivity contribution in [2.75, 3.05) is 6.54 Å². The molecule has 0 aromatic rings. The molecule has 0 aromatic carbocycles. The number of rotatable bonds is 2. The topological polar surface area (TPSA) is 26.0 Å². The number of terminal acetylenes is 1. The lowest BCUT2D eigenvalue weighted by Crippen LogP contribution is -2.03. The second-order valence-electron chi connectivity index (χ2n) is 1.65. The molecule has 0 fully saturated rings. The van der Waals surface area contributed by atoms with E-state index in [1.54, 1.807) is 0 Å². The van der Waals surface area contributed by atoms with E-state index in [0.29, 0.717) is 12.5 Å². The van der Waals surface area contributed by atoms with Crippen LogP contribution in [0, 0.1) is 18.3 Å². The highest BCUT2D eigenvalue weighted by atomic mass is 14.5. The summed E-state index contributed by atoms with van der Waals surface area (Å²) in [4.78, 5) is 0. The van der Waals surface area contributed by atoms with E-state index in [1.807, 2.05) is 6.92 Å². The van der Waals surface area contributed by atoms with Crippen LogP contribution in [0.4, 0.5) is 0 Å². The van der Waals surface area contributed by atoms with E-state index in [-0.39, 0.29) is 0 Å². The molecule has 2 N–H and O–H groups in total. The standard InChI is InChI=1S/C6H11N/c1-3-6(2)4-5-7/h1,6H,4-5,7H2,2H3. The van der Waals surface area contributed by atoms with Crippen molar-refractivity contribution in [1.29, 1.82) is 0 Å². The molecule has 0 aliphatic heterocycles. The molecule has 0 rings (SSSR count). The zero-order valence-electron chi connectivity index (χ0n) is 4.65. The van der Waals surface area contributed by atoms with Crippen LogP contribution in [0.15, 0.2) is 0 Å². The van der Waals surface area contributed by atoms with Crippen LogP contribution in [0.5, 0.6) is 0 Å². The van der Waals surface area contributed by atoms with E-state index >= 15 is 0 Å². The molecule has 0 radical (unpaired) electrons. The molecule has 0 amide bonds. The predicted octanol–water partition coefficient (Wildman–Crippen LogP) is 0.605. The maximum atomic E-state index is 5.21. The molecule has 0 aliphatic rings. The van der Waals surface area contributed by atoms with Crippen molar-refractivity contribution in [3.8, 4) is 12.3 Å². The van der Waals surface area contributed by atoms with E-state index in [0.717, 1.165) is 6.42 Å². The van der Waals surface area contributed by atoms with Gasteiger partial charge in [0.1, 0.15) is 0 Å². The first-order chi connectivity index (χ1) is 3.31. The van der Waals surface area contributed by atoms with Gasteiger partial charge in [0.25, 0.3) is 0 Å². The van der Waals surface area contributed by atoms with Crippen LogP contribution in [0.25, 0.3) is 0 Å². The fraction of sp³-hybridized carbons (Fsp3) is 0.667. The molecule has 0 heterocycles. The van der Waals surface area contributed by atoms with Gasteiger partial charge in [0, 0.05) is 5.92 Å². The third-order valence-corrected chi connectivity index (χ3v) is 0.884. The summed E-state index contributed by atoms with van der Waals surface area (Å²) in [6.07, 6.45) is 5.99. The molecular weight excluding hydrogens is 86.1 g/mol. The summed E-state index contributed by atoms with van der Waals surface area (Å²) in [5.41, 5.74) is 5.21. The SMILES string of the molecule is C#CC(C)CCN. The van der Waals surface area contributed by atoms with E-state index in [4.69, 9.17) is 12.2 Å². The molecular formula is C6H11N. The normalized spacial score (nSPS) is 12.7. The first-order valence-corrected chi connectivity index (χ1v) is 2.47. The Morgan fingerprint density at radius 2 is 2.43 bits per heavy atom. The maximum Gasteiger partial charge on any atom is 0.0183 e. The Morgan fingerprint density at radius 1 is 1.86 bits per heavy atom. The highest BCUT2D eigenvalue weighted by molar-refractivity contribution is 4.89.